The SMILES string of the molecule is O=CN1CCC[C@@H]1c1ccc[nH]c1=O. The highest BCUT2D eigenvalue weighted by Gasteiger charge is 2.26. The van der Waals surface area contributed by atoms with Crippen molar-refractivity contribution in [3.63, 3.8) is 0 Å². The molecule has 1 aromatic heterocycles. The molecule has 14 heavy (non-hydrogen) atoms. The van der Waals surface area contributed by atoms with E-state index in [1.807, 2.05) is 0 Å². The molecule has 1 aromatic rings. The summed E-state index contributed by atoms with van der Waals surface area (Å²) in [4.78, 5) is 26.5. The molecule has 0 aromatic carbocycles. The third-order valence-corrected chi connectivity index (χ3v) is 2.64. The van der Waals surface area contributed by atoms with E-state index in [9.17, 15) is 9.59 Å². The Hall–Kier alpha value is -1.58. The largest absolute Gasteiger partial charge is 0.338 e. The summed E-state index contributed by atoms with van der Waals surface area (Å²) in [6.07, 6.45) is 4.28. The summed E-state index contributed by atoms with van der Waals surface area (Å²) in [5.41, 5.74) is 0.600. The van der Waals surface area contributed by atoms with E-state index in [0.717, 1.165) is 25.8 Å². The number of aromatic amines is 1. The fraction of sp³-hybridized carbons (Fsp3) is 0.400. The zero-order valence-corrected chi connectivity index (χ0v) is 7.77. The quantitative estimate of drug-likeness (QED) is 0.700. The molecule has 1 N–H and O–H groups in total. The van der Waals surface area contributed by atoms with Gasteiger partial charge in [0.2, 0.25) is 6.41 Å². The highest BCUT2D eigenvalue weighted by atomic mass is 16.1. The molecule has 0 radical (unpaired) electrons. The van der Waals surface area contributed by atoms with Crippen molar-refractivity contribution >= 4 is 6.41 Å². The summed E-state index contributed by atoms with van der Waals surface area (Å²) >= 11 is 0. The molecule has 1 aliphatic rings. The second kappa shape index (κ2) is 3.65. The van der Waals surface area contributed by atoms with Gasteiger partial charge in [0.15, 0.2) is 0 Å². The molecule has 0 saturated carbocycles. The van der Waals surface area contributed by atoms with Gasteiger partial charge in [-0.25, -0.2) is 0 Å². The predicted molar refractivity (Wildman–Crippen MR) is 51.8 cm³/mol. The van der Waals surface area contributed by atoms with Crippen LogP contribution in [-0.2, 0) is 4.79 Å². The Balaban J connectivity index is 2.35. The summed E-state index contributed by atoms with van der Waals surface area (Å²) in [5, 5.41) is 0. The zero-order valence-electron chi connectivity index (χ0n) is 7.77. The standard InChI is InChI=1S/C10H12N2O2/c13-7-12-6-2-4-9(12)8-3-1-5-11-10(8)14/h1,3,5,7,9H,2,4,6H2,(H,11,14)/t9-/m1/s1. The lowest BCUT2D eigenvalue weighted by molar-refractivity contribution is -0.118. The Kier molecular flexibility index (Phi) is 2.35. The van der Waals surface area contributed by atoms with E-state index in [0.29, 0.717) is 5.56 Å². The summed E-state index contributed by atoms with van der Waals surface area (Å²) in [5.74, 6) is 0. The van der Waals surface area contributed by atoms with Crippen LogP contribution in [0.25, 0.3) is 0 Å². The first-order chi connectivity index (χ1) is 6.83. The van der Waals surface area contributed by atoms with Crippen molar-refractivity contribution in [2.24, 2.45) is 0 Å². The number of nitrogens with one attached hydrogen (secondary N) is 1. The van der Waals surface area contributed by atoms with Crippen LogP contribution < -0.4 is 5.56 Å². The normalized spacial score (nSPS) is 21.1. The lowest BCUT2D eigenvalue weighted by atomic mass is 10.1. The topological polar surface area (TPSA) is 53.2 Å². The summed E-state index contributed by atoms with van der Waals surface area (Å²) in [7, 11) is 0. The van der Waals surface area contributed by atoms with Crippen LogP contribution in [0.15, 0.2) is 23.1 Å². The fourth-order valence-corrected chi connectivity index (χ4v) is 1.95. The second-order valence-electron chi connectivity index (χ2n) is 3.46. The summed E-state index contributed by atoms with van der Waals surface area (Å²) in [6, 6.07) is 3.54. The van der Waals surface area contributed by atoms with Crippen LogP contribution in [0.4, 0.5) is 0 Å². The molecular weight excluding hydrogens is 180 g/mol. The molecule has 0 spiro atoms. The van der Waals surface area contributed by atoms with Gasteiger partial charge in [-0.1, -0.05) is 0 Å². The van der Waals surface area contributed by atoms with Gasteiger partial charge in [-0.15, -0.1) is 0 Å². The van der Waals surface area contributed by atoms with Gasteiger partial charge in [-0.05, 0) is 25.0 Å². The first-order valence-corrected chi connectivity index (χ1v) is 4.71. The molecule has 1 atom stereocenters. The number of H-pyrrole nitrogens is 1. The Morgan fingerprint density at radius 1 is 1.57 bits per heavy atom. The third-order valence-electron chi connectivity index (χ3n) is 2.64. The van der Waals surface area contributed by atoms with Gasteiger partial charge < -0.3 is 9.88 Å². The molecular formula is C10H12N2O2. The monoisotopic (exact) mass is 192 g/mol. The van der Waals surface area contributed by atoms with Gasteiger partial charge in [0, 0.05) is 18.3 Å². The van der Waals surface area contributed by atoms with Crippen LogP contribution in [0.1, 0.15) is 24.4 Å². The van der Waals surface area contributed by atoms with Crippen molar-refractivity contribution in [1.29, 1.82) is 0 Å². The Morgan fingerprint density at radius 3 is 3.14 bits per heavy atom. The zero-order chi connectivity index (χ0) is 9.97. The number of carbonyl (C=O) groups excluding carboxylic acids is 1. The maximum Gasteiger partial charge on any atom is 0.253 e. The van der Waals surface area contributed by atoms with E-state index in [2.05, 4.69) is 4.98 Å². The van der Waals surface area contributed by atoms with Crippen LogP contribution >= 0.6 is 0 Å². The van der Waals surface area contributed by atoms with E-state index in [1.54, 1.807) is 23.2 Å². The van der Waals surface area contributed by atoms with E-state index >= 15 is 0 Å². The van der Waals surface area contributed by atoms with Crippen LogP contribution in [0.2, 0.25) is 0 Å². The number of rotatable bonds is 2. The van der Waals surface area contributed by atoms with Crippen LogP contribution in [0.5, 0.6) is 0 Å². The van der Waals surface area contributed by atoms with E-state index in [1.165, 1.54) is 0 Å². The first-order valence-electron chi connectivity index (χ1n) is 4.71. The highest BCUT2D eigenvalue weighted by Crippen LogP contribution is 2.27. The van der Waals surface area contributed by atoms with E-state index in [-0.39, 0.29) is 11.6 Å². The molecule has 2 rings (SSSR count). The number of amides is 1. The molecule has 2 heterocycles. The van der Waals surface area contributed by atoms with Gasteiger partial charge in [0.05, 0.1) is 6.04 Å². The minimum absolute atomic E-state index is 0.0301. The van der Waals surface area contributed by atoms with Crippen molar-refractivity contribution in [2.75, 3.05) is 6.54 Å². The van der Waals surface area contributed by atoms with Crippen molar-refractivity contribution < 1.29 is 4.79 Å². The molecule has 0 unspecified atom stereocenters. The molecule has 1 saturated heterocycles. The Bertz CT molecular complexity index is 386. The van der Waals surface area contributed by atoms with Crippen molar-refractivity contribution in [1.82, 2.24) is 9.88 Å². The third kappa shape index (κ3) is 1.43. The lowest BCUT2D eigenvalue weighted by Crippen LogP contribution is -2.26. The highest BCUT2D eigenvalue weighted by molar-refractivity contribution is 5.49. The van der Waals surface area contributed by atoms with Crippen LogP contribution in [0, 0.1) is 0 Å². The van der Waals surface area contributed by atoms with Gasteiger partial charge in [0.25, 0.3) is 5.56 Å². The Labute approximate surface area is 81.6 Å². The van der Waals surface area contributed by atoms with Crippen LogP contribution in [-0.4, -0.2) is 22.8 Å². The molecule has 1 fully saturated rings. The van der Waals surface area contributed by atoms with Gasteiger partial charge in [-0.3, -0.25) is 9.59 Å². The maximum absolute atomic E-state index is 11.5. The predicted octanol–water partition coefficient (Wildman–Crippen LogP) is 0.668. The van der Waals surface area contributed by atoms with Gasteiger partial charge in [-0.2, -0.15) is 0 Å². The number of carbonyl (C=O) groups is 1. The van der Waals surface area contributed by atoms with Crippen molar-refractivity contribution in [3.05, 3.63) is 34.2 Å². The molecule has 0 bridgehead atoms. The number of hydrogen-bond donors (Lipinski definition) is 1. The molecule has 1 aliphatic heterocycles. The minimum atomic E-state index is -0.0914. The number of aromatic nitrogens is 1. The first kappa shape index (κ1) is 8.99. The molecule has 0 aliphatic carbocycles. The number of hydrogen-bond acceptors (Lipinski definition) is 2. The van der Waals surface area contributed by atoms with Gasteiger partial charge >= 0.3 is 0 Å². The summed E-state index contributed by atoms with van der Waals surface area (Å²) in [6.45, 7) is 0.752. The second-order valence-corrected chi connectivity index (χ2v) is 3.46. The molecule has 4 heteroatoms. The summed E-state index contributed by atoms with van der Waals surface area (Å²) < 4.78 is 0. The van der Waals surface area contributed by atoms with E-state index in [4.69, 9.17) is 0 Å². The van der Waals surface area contributed by atoms with Crippen LogP contribution in [0.3, 0.4) is 0 Å². The van der Waals surface area contributed by atoms with Gasteiger partial charge in [0.1, 0.15) is 0 Å². The number of likely N-dealkylation sites (tertiary alicyclic amines) is 1. The average Bonchev–Trinajstić information content (AvgIpc) is 2.66. The van der Waals surface area contributed by atoms with Crippen molar-refractivity contribution in [2.45, 2.75) is 18.9 Å². The Morgan fingerprint density at radius 2 is 2.43 bits per heavy atom. The van der Waals surface area contributed by atoms with Crippen molar-refractivity contribution in [3.8, 4) is 0 Å². The molecule has 1 amide bonds. The number of pyridine rings is 1. The molecule has 74 valence electrons. The van der Waals surface area contributed by atoms with E-state index < -0.39 is 0 Å². The number of nitrogens with zero attached hydrogens (tertiary/aromatic N) is 1. The lowest BCUT2D eigenvalue weighted by Gasteiger charge is -2.18. The minimum Gasteiger partial charge on any atom is -0.338 e. The maximum atomic E-state index is 11.5. The molecule has 4 nitrogen and oxygen atoms in total. The smallest absolute Gasteiger partial charge is 0.253 e. The average molecular weight is 192 g/mol. The fourth-order valence-electron chi connectivity index (χ4n) is 1.95.